The van der Waals surface area contributed by atoms with Gasteiger partial charge in [0.1, 0.15) is 0 Å². The monoisotopic (exact) mass is 279 g/mol. The number of hydrogen-bond donors (Lipinski definition) is 1. The van der Waals surface area contributed by atoms with E-state index < -0.39 is 0 Å². The maximum Gasteiger partial charge on any atom is 0.0467 e. The smallest absolute Gasteiger partial charge is 0.0467 e. The van der Waals surface area contributed by atoms with Crippen molar-refractivity contribution in [3.63, 3.8) is 0 Å². The Bertz CT molecular complexity index is 329. The molecule has 1 aromatic rings. The van der Waals surface area contributed by atoms with Crippen LogP contribution in [0.3, 0.4) is 0 Å². The van der Waals surface area contributed by atoms with Crippen LogP contribution in [0.5, 0.6) is 0 Å². The highest BCUT2D eigenvalue weighted by atomic mass is 35.5. The molecule has 0 radical (unpaired) electrons. The summed E-state index contributed by atoms with van der Waals surface area (Å²) in [6.45, 7) is 2.91. The van der Waals surface area contributed by atoms with Gasteiger partial charge in [-0.25, -0.2) is 0 Å². The van der Waals surface area contributed by atoms with E-state index >= 15 is 0 Å². The van der Waals surface area contributed by atoms with Gasteiger partial charge in [-0.15, -0.1) is 0 Å². The molecule has 0 fully saturated rings. The Morgan fingerprint density at radius 1 is 1.12 bits per heavy atom. The molecule has 90 valence electrons. The SMILES string of the molecule is CC(CCN)CCc1c(Cl)cc(Cl)cc1Cl. The van der Waals surface area contributed by atoms with Gasteiger partial charge >= 0.3 is 0 Å². The molecule has 2 N–H and O–H groups in total. The summed E-state index contributed by atoms with van der Waals surface area (Å²) in [5.74, 6) is 0.591. The van der Waals surface area contributed by atoms with Gasteiger partial charge in [0.2, 0.25) is 0 Å². The van der Waals surface area contributed by atoms with Gasteiger partial charge in [0.15, 0.2) is 0 Å². The topological polar surface area (TPSA) is 26.0 Å². The van der Waals surface area contributed by atoms with Crippen LogP contribution in [-0.4, -0.2) is 6.54 Å². The summed E-state index contributed by atoms with van der Waals surface area (Å²) in [4.78, 5) is 0. The molecule has 0 heterocycles. The van der Waals surface area contributed by atoms with E-state index in [-0.39, 0.29) is 0 Å². The summed E-state index contributed by atoms with van der Waals surface area (Å²) < 4.78 is 0. The lowest BCUT2D eigenvalue weighted by Gasteiger charge is -2.12. The van der Waals surface area contributed by atoms with Crippen molar-refractivity contribution in [3.05, 3.63) is 32.8 Å². The second-order valence-corrected chi connectivity index (χ2v) is 5.32. The van der Waals surface area contributed by atoms with Crippen molar-refractivity contribution in [3.8, 4) is 0 Å². The molecule has 0 saturated heterocycles. The maximum atomic E-state index is 6.10. The Morgan fingerprint density at radius 3 is 2.19 bits per heavy atom. The minimum atomic E-state index is 0.578. The predicted molar refractivity (Wildman–Crippen MR) is 72.6 cm³/mol. The average Bonchev–Trinajstić information content (AvgIpc) is 2.16. The van der Waals surface area contributed by atoms with Crippen LogP contribution in [0.1, 0.15) is 25.3 Å². The summed E-state index contributed by atoms with van der Waals surface area (Å²) in [5, 5.41) is 1.88. The fraction of sp³-hybridized carbons (Fsp3) is 0.500. The van der Waals surface area contributed by atoms with E-state index in [0.29, 0.717) is 21.0 Å². The van der Waals surface area contributed by atoms with Gasteiger partial charge < -0.3 is 5.73 Å². The number of nitrogens with two attached hydrogens (primary N) is 1. The Morgan fingerprint density at radius 2 is 1.69 bits per heavy atom. The van der Waals surface area contributed by atoms with Crippen LogP contribution < -0.4 is 5.73 Å². The van der Waals surface area contributed by atoms with Crippen molar-refractivity contribution < 1.29 is 0 Å². The summed E-state index contributed by atoms with van der Waals surface area (Å²) >= 11 is 18.1. The van der Waals surface area contributed by atoms with Crippen LogP contribution in [0.4, 0.5) is 0 Å². The molecule has 0 spiro atoms. The van der Waals surface area contributed by atoms with E-state index in [4.69, 9.17) is 40.5 Å². The first kappa shape index (κ1) is 14.1. The second-order valence-electron chi connectivity index (χ2n) is 4.07. The van der Waals surface area contributed by atoms with E-state index in [1.54, 1.807) is 12.1 Å². The Kier molecular flexibility index (Phi) is 5.91. The largest absolute Gasteiger partial charge is 0.330 e. The molecule has 0 amide bonds. The lowest BCUT2D eigenvalue weighted by molar-refractivity contribution is 0.500. The normalized spacial score (nSPS) is 12.8. The zero-order valence-corrected chi connectivity index (χ0v) is 11.5. The first-order valence-corrected chi connectivity index (χ1v) is 6.51. The number of halogens is 3. The zero-order chi connectivity index (χ0) is 12.1. The lowest BCUT2D eigenvalue weighted by atomic mass is 9.98. The molecular formula is C12H16Cl3N. The summed E-state index contributed by atoms with van der Waals surface area (Å²) in [5.41, 5.74) is 6.49. The van der Waals surface area contributed by atoms with Crippen molar-refractivity contribution in [1.29, 1.82) is 0 Å². The third-order valence-corrected chi connectivity index (χ3v) is 3.55. The van der Waals surface area contributed by atoms with Crippen molar-refractivity contribution in [2.24, 2.45) is 11.7 Å². The third kappa shape index (κ3) is 4.14. The standard InChI is InChI=1S/C12H16Cl3N/c1-8(4-5-16)2-3-10-11(14)6-9(13)7-12(10)15/h6-8H,2-5,16H2,1H3. The van der Waals surface area contributed by atoms with E-state index in [9.17, 15) is 0 Å². The highest BCUT2D eigenvalue weighted by Gasteiger charge is 2.09. The van der Waals surface area contributed by atoms with E-state index in [2.05, 4.69) is 6.92 Å². The molecule has 0 bridgehead atoms. The molecule has 1 unspecified atom stereocenters. The van der Waals surface area contributed by atoms with Crippen molar-refractivity contribution in [2.45, 2.75) is 26.2 Å². The first-order chi connectivity index (χ1) is 7.54. The highest BCUT2D eigenvalue weighted by Crippen LogP contribution is 2.30. The van der Waals surface area contributed by atoms with Crippen molar-refractivity contribution in [1.82, 2.24) is 0 Å². The van der Waals surface area contributed by atoms with Gasteiger partial charge in [-0.1, -0.05) is 41.7 Å². The molecule has 1 aromatic carbocycles. The fourth-order valence-electron chi connectivity index (χ4n) is 1.63. The van der Waals surface area contributed by atoms with Crippen LogP contribution in [0, 0.1) is 5.92 Å². The molecule has 0 aromatic heterocycles. The van der Waals surface area contributed by atoms with Gasteiger partial charge in [0.25, 0.3) is 0 Å². The summed E-state index contributed by atoms with van der Waals surface area (Å²) in [6, 6.07) is 3.47. The average molecular weight is 281 g/mol. The third-order valence-electron chi connectivity index (χ3n) is 2.65. The van der Waals surface area contributed by atoms with Gasteiger partial charge in [0.05, 0.1) is 0 Å². The summed E-state index contributed by atoms with van der Waals surface area (Å²) in [7, 11) is 0. The molecular weight excluding hydrogens is 264 g/mol. The van der Waals surface area contributed by atoms with Gasteiger partial charge in [-0.05, 0) is 49.4 Å². The minimum Gasteiger partial charge on any atom is -0.330 e. The maximum absolute atomic E-state index is 6.10. The molecule has 1 rings (SSSR count). The number of rotatable bonds is 5. The molecule has 0 saturated carbocycles. The quantitative estimate of drug-likeness (QED) is 0.840. The van der Waals surface area contributed by atoms with Crippen molar-refractivity contribution >= 4 is 34.8 Å². The molecule has 1 nitrogen and oxygen atoms in total. The molecule has 4 heteroatoms. The van der Waals surface area contributed by atoms with Crippen molar-refractivity contribution in [2.75, 3.05) is 6.54 Å². The van der Waals surface area contributed by atoms with Crippen LogP contribution in [0.25, 0.3) is 0 Å². The fourth-order valence-corrected chi connectivity index (χ4v) is 2.64. The van der Waals surface area contributed by atoms with Gasteiger partial charge in [-0.3, -0.25) is 0 Å². The van der Waals surface area contributed by atoms with Crippen LogP contribution in [0.15, 0.2) is 12.1 Å². The molecule has 16 heavy (non-hydrogen) atoms. The summed E-state index contributed by atoms with van der Waals surface area (Å²) in [6.07, 6.45) is 2.94. The highest BCUT2D eigenvalue weighted by molar-refractivity contribution is 6.39. The van der Waals surface area contributed by atoms with Gasteiger partial charge in [-0.2, -0.15) is 0 Å². The van der Waals surface area contributed by atoms with Crippen LogP contribution >= 0.6 is 34.8 Å². The molecule has 0 aliphatic carbocycles. The molecule has 1 atom stereocenters. The number of benzene rings is 1. The molecule has 0 aliphatic heterocycles. The van der Waals surface area contributed by atoms with E-state index in [1.807, 2.05) is 0 Å². The van der Waals surface area contributed by atoms with Crippen LogP contribution in [-0.2, 0) is 6.42 Å². The Balaban J connectivity index is 2.67. The Hall–Kier alpha value is 0.0500. The molecule has 0 aliphatic rings. The number of hydrogen-bond acceptors (Lipinski definition) is 1. The zero-order valence-electron chi connectivity index (χ0n) is 9.27. The first-order valence-electron chi connectivity index (χ1n) is 5.38. The second kappa shape index (κ2) is 6.70. The predicted octanol–water partition coefficient (Wildman–Crippen LogP) is 4.56. The minimum absolute atomic E-state index is 0.578. The lowest BCUT2D eigenvalue weighted by Crippen LogP contribution is -2.06. The van der Waals surface area contributed by atoms with E-state index in [1.165, 1.54) is 0 Å². The van der Waals surface area contributed by atoms with Crippen LogP contribution in [0.2, 0.25) is 15.1 Å². The van der Waals surface area contributed by atoms with Gasteiger partial charge in [0, 0.05) is 15.1 Å². The Labute approximate surface area is 112 Å². The van der Waals surface area contributed by atoms with E-state index in [0.717, 1.165) is 31.4 Å².